The SMILES string of the molecule is C[C@@H](Sc1nnc(-c2cccnc2)o1)C(=O)Nc1cccc(S(=O)(=O)N2CCOCC2)c1. The fraction of sp³-hybridized carbons (Fsp3) is 0.300. The van der Waals surface area contributed by atoms with E-state index in [4.69, 9.17) is 9.15 Å². The van der Waals surface area contributed by atoms with E-state index in [2.05, 4.69) is 20.5 Å². The van der Waals surface area contributed by atoms with Gasteiger partial charge in [0.05, 0.1) is 28.9 Å². The number of amides is 1. The molecule has 0 bridgehead atoms. The fourth-order valence-corrected chi connectivity index (χ4v) is 5.12. The number of anilines is 1. The molecule has 1 aliphatic rings. The summed E-state index contributed by atoms with van der Waals surface area (Å²) in [5.74, 6) is -0.00808. The first kappa shape index (κ1) is 22.4. The van der Waals surface area contributed by atoms with Gasteiger partial charge in [-0.2, -0.15) is 4.31 Å². The monoisotopic (exact) mass is 475 g/mol. The van der Waals surface area contributed by atoms with E-state index in [1.165, 1.54) is 16.4 Å². The Kier molecular flexibility index (Phi) is 6.84. The summed E-state index contributed by atoms with van der Waals surface area (Å²) in [6.07, 6.45) is 3.25. The van der Waals surface area contributed by atoms with E-state index < -0.39 is 15.3 Å². The molecule has 3 aromatic rings. The number of morpholine rings is 1. The topological polar surface area (TPSA) is 128 Å². The summed E-state index contributed by atoms with van der Waals surface area (Å²) >= 11 is 1.11. The Balaban J connectivity index is 1.40. The summed E-state index contributed by atoms with van der Waals surface area (Å²) in [7, 11) is -3.65. The molecule has 0 radical (unpaired) electrons. The van der Waals surface area contributed by atoms with Crippen molar-refractivity contribution in [2.75, 3.05) is 31.6 Å². The zero-order valence-corrected chi connectivity index (χ0v) is 18.8. The van der Waals surface area contributed by atoms with E-state index >= 15 is 0 Å². The number of ether oxygens (including phenoxy) is 1. The van der Waals surface area contributed by atoms with Gasteiger partial charge in [-0.25, -0.2) is 8.42 Å². The second kappa shape index (κ2) is 9.77. The fourth-order valence-electron chi connectivity index (χ4n) is 2.98. The molecule has 1 aliphatic heterocycles. The maximum absolute atomic E-state index is 12.8. The molecule has 3 heterocycles. The number of hydrogen-bond donors (Lipinski definition) is 1. The number of aromatic nitrogens is 3. The van der Waals surface area contributed by atoms with Crippen molar-refractivity contribution in [2.45, 2.75) is 22.3 Å². The van der Waals surface area contributed by atoms with Gasteiger partial charge in [0.2, 0.25) is 21.8 Å². The number of thioether (sulfide) groups is 1. The third-order valence-electron chi connectivity index (χ3n) is 4.67. The highest BCUT2D eigenvalue weighted by Crippen LogP contribution is 2.27. The number of carbonyl (C=O) groups is 1. The molecule has 1 amide bonds. The Morgan fingerprint density at radius 3 is 2.75 bits per heavy atom. The number of pyridine rings is 1. The van der Waals surface area contributed by atoms with Gasteiger partial charge >= 0.3 is 0 Å². The Morgan fingerprint density at radius 2 is 2.00 bits per heavy atom. The standard InChI is InChI=1S/C20H21N5O5S2/c1-14(31-20-24-23-19(30-20)15-4-3-7-21-13-15)18(26)22-16-5-2-6-17(12-16)32(27,28)25-8-10-29-11-9-25/h2-7,12-14H,8-11H2,1H3,(H,22,26)/t14-/m1/s1. The summed E-state index contributed by atoms with van der Waals surface area (Å²) in [6, 6.07) is 9.75. The number of rotatable bonds is 7. The third kappa shape index (κ3) is 5.15. The summed E-state index contributed by atoms with van der Waals surface area (Å²) in [5.41, 5.74) is 1.07. The number of benzene rings is 1. The van der Waals surface area contributed by atoms with E-state index in [1.54, 1.807) is 43.6 Å². The van der Waals surface area contributed by atoms with Crippen molar-refractivity contribution in [1.82, 2.24) is 19.5 Å². The second-order valence-electron chi connectivity index (χ2n) is 6.91. The van der Waals surface area contributed by atoms with E-state index in [9.17, 15) is 13.2 Å². The van der Waals surface area contributed by atoms with Crippen molar-refractivity contribution < 1.29 is 22.4 Å². The number of nitrogens with zero attached hydrogens (tertiary/aromatic N) is 4. The second-order valence-corrected chi connectivity index (χ2v) is 10.1. The highest BCUT2D eigenvalue weighted by molar-refractivity contribution is 8.00. The van der Waals surface area contributed by atoms with Crippen molar-refractivity contribution in [3.8, 4) is 11.5 Å². The largest absolute Gasteiger partial charge is 0.411 e. The van der Waals surface area contributed by atoms with Gasteiger partial charge in [-0.15, -0.1) is 10.2 Å². The molecule has 1 atom stereocenters. The lowest BCUT2D eigenvalue weighted by atomic mass is 10.3. The molecule has 2 aromatic heterocycles. The van der Waals surface area contributed by atoms with Crippen LogP contribution in [0.3, 0.4) is 0 Å². The number of nitrogens with one attached hydrogen (secondary N) is 1. The molecule has 0 spiro atoms. The molecule has 0 saturated carbocycles. The molecule has 32 heavy (non-hydrogen) atoms. The molecular weight excluding hydrogens is 454 g/mol. The van der Waals surface area contributed by atoms with Crippen molar-refractivity contribution >= 4 is 33.4 Å². The molecule has 1 N–H and O–H groups in total. The smallest absolute Gasteiger partial charge is 0.277 e. The van der Waals surface area contributed by atoms with Crippen LogP contribution in [0, 0.1) is 0 Å². The van der Waals surface area contributed by atoms with Crippen LogP contribution >= 0.6 is 11.8 Å². The first-order chi connectivity index (χ1) is 15.4. The van der Waals surface area contributed by atoms with Crippen LogP contribution in [0.25, 0.3) is 11.5 Å². The normalized spacial score (nSPS) is 15.9. The average Bonchev–Trinajstić information content (AvgIpc) is 3.29. The van der Waals surface area contributed by atoms with Gasteiger partial charge in [0, 0.05) is 31.2 Å². The van der Waals surface area contributed by atoms with Crippen molar-refractivity contribution in [2.24, 2.45) is 0 Å². The maximum atomic E-state index is 12.8. The van der Waals surface area contributed by atoms with Gasteiger partial charge in [0.1, 0.15) is 0 Å². The molecule has 0 aliphatic carbocycles. The van der Waals surface area contributed by atoms with E-state index in [0.717, 1.165) is 11.8 Å². The molecule has 1 fully saturated rings. The number of sulfonamides is 1. The van der Waals surface area contributed by atoms with Crippen LogP contribution in [0.1, 0.15) is 6.92 Å². The molecule has 4 rings (SSSR count). The maximum Gasteiger partial charge on any atom is 0.277 e. The quantitative estimate of drug-likeness (QED) is 0.512. The van der Waals surface area contributed by atoms with Crippen LogP contribution in [0.2, 0.25) is 0 Å². The minimum Gasteiger partial charge on any atom is -0.411 e. The first-order valence-corrected chi connectivity index (χ1v) is 12.1. The van der Waals surface area contributed by atoms with Crippen LogP contribution in [-0.4, -0.2) is 65.4 Å². The van der Waals surface area contributed by atoms with E-state index in [0.29, 0.717) is 43.4 Å². The number of carbonyl (C=O) groups excluding carboxylic acids is 1. The Morgan fingerprint density at radius 1 is 1.19 bits per heavy atom. The number of hydrogen-bond acceptors (Lipinski definition) is 9. The van der Waals surface area contributed by atoms with Gasteiger partial charge in [0.25, 0.3) is 5.22 Å². The molecule has 12 heteroatoms. The average molecular weight is 476 g/mol. The predicted octanol–water partition coefficient (Wildman–Crippen LogP) is 2.27. The Labute approximate surface area is 189 Å². The zero-order chi connectivity index (χ0) is 22.6. The zero-order valence-electron chi connectivity index (χ0n) is 17.2. The van der Waals surface area contributed by atoms with Crippen LogP contribution in [0.15, 0.2) is 63.3 Å². The molecule has 10 nitrogen and oxygen atoms in total. The first-order valence-electron chi connectivity index (χ1n) is 9.83. The summed E-state index contributed by atoms with van der Waals surface area (Å²) in [6.45, 7) is 3.03. The van der Waals surface area contributed by atoms with Crippen LogP contribution in [0.5, 0.6) is 0 Å². The van der Waals surface area contributed by atoms with E-state index in [-0.39, 0.29) is 16.0 Å². The van der Waals surface area contributed by atoms with Gasteiger partial charge in [-0.1, -0.05) is 17.8 Å². The van der Waals surface area contributed by atoms with Gasteiger partial charge in [-0.05, 0) is 37.3 Å². The molecule has 168 valence electrons. The summed E-state index contributed by atoms with van der Waals surface area (Å²) in [4.78, 5) is 16.8. The predicted molar refractivity (Wildman–Crippen MR) is 117 cm³/mol. The molecular formula is C20H21N5O5S2. The van der Waals surface area contributed by atoms with Crippen LogP contribution in [0.4, 0.5) is 5.69 Å². The van der Waals surface area contributed by atoms with Crippen LogP contribution in [-0.2, 0) is 19.6 Å². The highest BCUT2D eigenvalue weighted by Gasteiger charge is 2.27. The molecule has 1 aromatic carbocycles. The van der Waals surface area contributed by atoms with Gasteiger partial charge < -0.3 is 14.5 Å². The minimum absolute atomic E-state index is 0.121. The van der Waals surface area contributed by atoms with Crippen molar-refractivity contribution in [3.63, 3.8) is 0 Å². The molecule has 0 unspecified atom stereocenters. The minimum atomic E-state index is -3.65. The van der Waals surface area contributed by atoms with Crippen LogP contribution < -0.4 is 5.32 Å². The van der Waals surface area contributed by atoms with Crippen molar-refractivity contribution in [3.05, 3.63) is 48.8 Å². The van der Waals surface area contributed by atoms with Gasteiger partial charge in [-0.3, -0.25) is 9.78 Å². The third-order valence-corrected chi connectivity index (χ3v) is 7.50. The Bertz CT molecular complexity index is 1180. The molecule has 1 saturated heterocycles. The lowest BCUT2D eigenvalue weighted by molar-refractivity contribution is -0.115. The Hall–Kier alpha value is -2.80. The van der Waals surface area contributed by atoms with Crippen molar-refractivity contribution in [1.29, 1.82) is 0 Å². The van der Waals surface area contributed by atoms with E-state index in [1.807, 2.05) is 0 Å². The summed E-state index contributed by atoms with van der Waals surface area (Å²) < 4.78 is 37.9. The van der Waals surface area contributed by atoms with Gasteiger partial charge in [0.15, 0.2) is 0 Å². The summed E-state index contributed by atoms with van der Waals surface area (Å²) in [5, 5.41) is 10.4. The lowest BCUT2D eigenvalue weighted by Crippen LogP contribution is -2.40. The lowest BCUT2D eigenvalue weighted by Gasteiger charge is -2.26. The highest BCUT2D eigenvalue weighted by atomic mass is 32.2.